The maximum atomic E-state index is 4.37. The van der Waals surface area contributed by atoms with Crippen molar-refractivity contribution in [2.24, 2.45) is 15.4 Å². The van der Waals surface area contributed by atoms with Crippen LogP contribution in [0.4, 0.5) is 5.13 Å². The third-order valence-electron chi connectivity index (χ3n) is 1.88. The Morgan fingerprint density at radius 2 is 2.00 bits per heavy atom. The van der Waals surface area contributed by atoms with Crippen LogP contribution < -0.4 is 0 Å². The van der Waals surface area contributed by atoms with Gasteiger partial charge in [-0.05, 0) is 25.7 Å². The number of hydrogen-bond donors (Lipinski definition) is 0. The monoisotopic (exact) mass is 237 g/mol. The van der Waals surface area contributed by atoms with Crippen LogP contribution >= 0.6 is 11.3 Å². The van der Waals surface area contributed by atoms with E-state index in [1.807, 2.05) is 5.38 Å². The Hall–Kier alpha value is -0.990. The van der Waals surface area contributed by atoms with Gasteiger partial charge in [0.05, 0.1) is 11.5 Å². The van der Waals surface area contributed by atoms with Crippen molar-refractivity contribution < 1.29 is 0 Å². The molecule has 0 aliphatic carbocycles. The van der Waals surface area contributed by atoms with Crippen LogP contribution in [-0.2, 0) is 0 Å². The number of aromatic nitrogens is 1. The molecule has 0 aliphatic heterocycles. The van der Waals surface area contributed by atoms with Crippen LogP contribution in [0.5, 0.6) is 0 Å². The third-order valence-corrected chi connectivity index (χ3v) is 2.55. The van der Waals surface area contributed by atoms with Gasteiger partial charge in [0, 0.05) is 11.6 Å². The molecule has 1 heterocycles. The van der Waals surface area contributed by atoms with Gasteiger partial charge in [0.25, 0.3) is 0 Å². The number of rotatable bonds is 3. The molecule has 3 nitrogen and oxygen atoms in total. The Labute approximate surface area is 101 Å². The molecule has 0 aromatic carbocycles. The van der Waals surface area contributed by atoms with E-state index in [0.717, 1.165) is 6.42 Å². The minimum atomic E-state index is -0.126. The van der Waals surface area contributed by atoms with Gasteiger partial charge in [-0.3, -0.25) is 0 Å². The Morgan fingerprint density at radius 3 is 2.50 bits per heavy atom. The quantitative estimate of drug-likeness (QED) is 0.727. The van der Waals surface area contributed by atoms with E-state index in [1.165, 1.54) is 11.3 Å². The van der Waals surface area contributed by atoms with Crippen LogP contribution in [-0.4, -0.2) is 16.5 Å². The zero-order valence-corrected chi connectivity index (χ0v) is 11.4. The minimum Gasteiger partial charge on any atom is -0.226 e. The molecule has 16 heavy (non-hydrogen) atoms. The first-order valence-corrected chi connectivity index (χ1v) is 6.24. The number of hydrogen-bond acceptors (Lipinski definition) is 4. The number of thiazole rings is 1. The highest BCUT2D eigenvalue weighted by Crippen LogP contribution is 2.29. The standard InChI is InChI=1S/C12H19N3S/c1-11(2,3)8-12(4,5)15-9-14-10-13-6-7-16-10/h6-7H,8H2,1-5H3. The van der Waals surface area contributed by atoms with Gasteiger partial charge in [-0.1, -0.05) is 20.8 Å². The van der Waals surface area contributed by atoms with Crippen molar-refractivity contribution in [1.29, 1.82) is 0 Å². The van der Waals surface area contributed by atoms with E-state index < -0.39 is 0 Å². The molecule has 1 aromatic rings. The van der Waals surface area contributed by atoms with Gasteiger partial charge < -0.3 is 0 Å². The molecule has 0 saturated heterocycles. The van der Waals surface area contributed by atoms with E-state index in [9.17, 15) is 0 Å². The van der Waals surface area contributed by atoms with E-state index in [-0.39, 0.29) is 11.0 Å². The fraction of sp³-hybridized carbons (Fsp3) is 0.667. The van der Waals surface area contributed by atoms with E-state index in [1.54, 1.807) is 6.20 Å². The van der Waals surface area contributed by atoms with Gasteiger partial charge in [0.15, 0.2) is 0 Å². The molecule has 0 atom stereocenters. The topological polar surface area (TPSA) is 37.6 Å². The average molecular weight is 237 g/mol. The van der Waals surface area contributed by atoms with Gasteiger partial charge in [0.1, 0.15) is 0 Å². The number of nitrogens with zero attached hydrogens (tertiary/aromatic N) is 3. The van der Waals surface area contributed by atoms with Gasteiger partial charge in [-0.2, -0.15) is 4.99 Å². The first-order chi connectivity index (χ1) is 7.29. The van der Waals surface area contributed by atoms with Crippen molar-refractivity contribution in [2.45, 2.75) is 46.6 Å². The summed E-state index contributed by atoms with van der Waals surface area (Å²) in [7, 11) is 0. The van der Waals surface area contributed by atoms with E-state index >= 15 is 0 Å². The van der Waals surface area contributed by atoms with E-state index in [0.29, 0.717) is 5.13 Å². The molecule has 1 rings (SSSR count). The predicted octanol–water partition coefficient (Wildman–Crippen LogP) is 4.16. The Bertz CT molecular complexity index is 379. The van der Waals surface area contributed by atoms with Gasteiger partial charge in [-0.25, -0.2) is 9.98 Å². The summed E-state index contributed by atoms with van der Waals surface area (Å²) in [4.78, 5) is 12.5. The second-order valence-corrected chi connectivity index (χ2v) is 6.56. The second-order valence-electron chi connectivity index (χ2n) is 5.69. The molecule has 4 heteroatoms. The second kappa shape index (κ2) is 4.89. The van der Waals surface area contributed by atoms with E-state index in [4.69, 9.17) is 0 Å². The van der Waals surface area contributed by atoms with Crippen LogP contribution in [0.25, 0.3) is 0 Å². The molecular weight excluding hydrogens is 218 g/mol. The van der Waals surface area contributed by atoms with Crippen molar-refractivity contribution in [1.82, 2.24) is 4.98 Å². The zero-order valence-electron chi connectivity index (χ0n) is 10.6. The summed E-state index contributed by atoms with van der Waals surface area (Å²) >= 11 is 1.49. The first kappa shape index (κ1) is 13.1. The normalized spacial score (nSPS) is 12.1. The Balaban J connectivity index is 2.68. The first-order valence-electron chi connectivity index (χ1n) is 5.36. The molecule has 88 valence electrons. The Morgan fingerprint density at radius 1 is 1.31 bits per heavy atom. The molecule has 0 unspecified atom stereocenters. The molecule has 0 spiro atoms. The van der Waals surface area contributed by atoms with Crippen molar-refractivity contribution >= 4 is 22.5 Å². The maximum Gasteiger partial charge on any atom is 0.219 e. The van der Waals surface area contributed by atoms with Crippen molar-refractivity contribution in [2.75, 3.05) is 0 Å². The Kier molecular flexibility index (Phi) is 4.00. The van der Waals surface area contributed by atoms with Crippen molar-refractivity contribution in [3.63, 3.8) is 0 Å². The highest BCUT2D eigenvalue weighted by Gasteiger charge is 2.24. The lowest BCUT2D eigenvalue weighted by molar-refractivity contribution is 0.289. The molecular formula is C12H19N3S. The summed E-state index contributed by atoms with van der Waals surface area (Å²) in [5.74, 6) is 0. The molecule has 0 aliphatic rings. The smallest absolute Gasteiger partial charge is 0.219 e. The molecule has 0 radical (unpaired) electrons. The lowest BCUT2D eigenvalue weighted by Crippen LogP contribution is -2.24. The molecule has 0 saturated carbocycles. The van der Waals surface area contributed by atoms with E-state index in [2.05, 4.69) is 55.6 Å². The fourth-order valence-corrected chi connectivity index (χ4v) is 2.27. The summed E-state index contributed by atoms with van der Waals surface area (Å²) in [5, 5.41) is 2.59. The fourth-order valence-electron chi connectivity index (χ4n) is 1.81. The summed E-state index contributed by atoms with van der Waals surface area (Å²) in [5.41, 5.74) is 0.134. The van der Waals surface area contributed by atoms with Gasteiger partial charge >= 0.3 is 0 Å². The predicted molar refractivity (Wildman–Crippen MR) is 69.8 cm³/mol. The summed E-state index contributed by atoms with van der Waals surface area (Å²) in [6, 6.07) is 2.75. The molecule has 1 aromatic heterocycles. The number of aliphatic imine (C=N–C) groups is 2. The summed E-state index contributed by atoms with van der Waals surface area (Å²) in [6.07, 6.45) is 2.73. The van der Waals surface area contributed by atoms with Crippen LogP contribution in [0.3, 0.4) is 0 Å². The maximum absolute atomic E-state index is 4.37. The summed E-state index contributed by atoms with van der Waals surface area (Å²) < 4.78 is 0. The lowest BCUT2D eigenvalue weighted by Gasteiger charge is -2.27. The van der Waals surface area contributed by atoms with Gasteiger partial charge in [0.2, 0.25) is 5.13 Å². The molecule has 0 N–H and O–H groups in total. The highest BCUT2D eigenvalue weighted by atomic mass is 32.1. The third kappa shape index (κ3) is 5.19. The molecule has 0 fully saturated rings. The van der Waals surface area contributed by atoms with Crippen molar-refractivity contribution in [3.05, 3.63) is 11.6 Å². The summed E-state index contributed by atoms with van der Waals surface area (Å²) in [6.45, 7) is 10.8. The highest BCUT2D eigenvalue weighted by molar-refractivity contribution is 7.13. The zero-order chi connectivity index (χ0) is 12.2. The van der Waals surface area contributed by atoms with Gasteiger partial charge in [-0.15, -0.1) is 11.3 Å². The lowest BCUT2D eigenvalue weighted by atomic mass is 9.82. The largest absolute Gasteiger partial charge is 0.226 e. The molecule has 0 amide bonds. The minimum absolute atomic E-state index is 0.126. The molecule has 0 bridgehead atoms. The van der Waals surface area contributed by atoms with Crippen LogP contribution in [0, 0.1) is 5.41 Å². The average Bonchev–Trinajstić information content (AvgIpc) is 2.51. The van der Waals surface area contributed by atoms with Crippen molar-refractivity contribution in [3.8, 4) is 0 Å². The van der Waals surface area contributed by atoms with Crippen LogP contribution in [0.15, 0.2) is 21.6 Å². The van der Waals surface area contributed by atoms with Crippen LogP contribution in [0.2, 0.25) is 0 Å². The SMILES string of the molecule is CC(C)(C)CC(C)(C)N=C=Nc1nccs1. The van der Waals surface area contributed by atoms with Crippen LogP contribution in [0.1, 0.15) is 41.0 Å².